The van der Waals surface area contributed by atoms with Crippen molar-refractivity contribution >= 4 is 0 Å². The van der Waals surface area contributed by atoms with Crippen LogP contribution >= 0.6 is 0 Å². The van der Waals surface area contributed by atoms with E-state index in [0.717, 1.165) is 48.6 Å². The fourth-order valence-electron chi connectivity index (χ4n) is 4.23. The number of aliphatic hydroxyl groups is 2. The molecule has 5 nitrogen and oxygen atoms in total. The fraction of sp³-hybridized carbons (Fsp3) is 0.455. The minimum atomic E-state index is -0.548. The molecule has 0 radical (unpaired) electrons. The minimum Gasteiger partial charge on any atom is -0.497 e. The number of fused-ring (bicyclic) bond motifs is 1. The SMILES string of the molecule is COc1cccc(C(O)CN2CCC3(CC2)CC(O)c2ccccc2O3)c1. The summed E-state index contributed by atoms with van der Waals surface area (Å²) < 4.78 is 11.6. The Morgan fingerprint density at radius 2 is 1.96 bits per heavy atom. The largest absolute Gasteiger partial charge is 0.497 e. The van der Waals surface area contributed by atoms with Gasteiger partial charge in [-0.3, -0.25) is 0 Å². The smallest absolute Gasteiger partial charge is 0.125 e. The summed E-state index contributed by atoms with van der Waals surface area (Å²) in [6, 6.07) is 15.4. The van der Waals surface area contributed by atoms with Crippen LogP contribution in [-0.4, -0.2) is 47.5 Å². The Balaban J connectivity index is 1.38. The van der Waals surface area contributed by atoms with Crippen LogP contribution in [0.15, 0.2) is 48.5 Å². The second kappa shape index (κ2) is 7.50. The molecule has 2 aromatic carbocycles. The van der Waals surface area contributed by atoms with E-state index in [1.165, 1.54) is 0 Å². The lowest BCUT2D eigenvalue weighted by molar-refractivity contribution is -0.0587. The number of hydrogen-bond acceptors (Lipinski definition) is 5. The van der Waals surface area contributed by atoms with Gasteiger partial charge < -0.3 is 24.6 Å². The Labute approximate surface area is 160 Å². The Bertz CT molecular complexity index is 785. The standard InChI is InChI=1S/C22H27NO4/c1-26-17-6-4-5-16(13-17)20(25)15-23-11-9-22(10-12-23)14-19(24)18-7-2-3-8-21(18)27-22/h2-8,13,19-20,24-25H,9-12,14-15H2,1H3. The molecule has 2 aliphatic heterocycles. The summed E-state index contributed by atoms with van der Waals surface area (Å²) in [7, 11) is 1.63. The van der Waals surface area contributed by atoms with Crippen LogP contribution in [0.1, 0.15) is 42.6 Å². The lowest BCUT2D eigenvalue weighted by Crippen LogP contribution is -2.51. The van der Waals surface area contributed by atoms with E-state index >= 15 is 0 Å². The molecule has 144 valence electrons. The molecule has 2 aliphatic rings. The van der Waals surface area contributed by atoms with Gasteiger partial charge in [-0.25, -0.2) is 0 Å². The number of rotatable bonds is 4. The van der Waals surface area contributed by atoms with E-state index in [9.17, 15) is 10.2 Å². The summed E-state index contributed by atoms with van der Waals surface area (Å²) in [6.45, 7) is 2.27. The van der Waals surface area contributed by atoms with Crippen LogP contribution in [-0.2, 0) is 0 Å². The van der Waals surface area contributed by atoms with Gasteiger partial charge >= 0.3 is 0 Å². The molecule has 1 fully saturated rings. The molecular formula is C22H27NO4. The van der Waals surface area contributed by atoms with E-state index in [4.69, 9.17) is 9.47 Å². The van der Waals surface area contributed by atoms with Crippen molar-refractivity contribution in [2.75, 3.05) is 26.7 Å². The molecule has 0 aliphatic carbocycles. The number of piperidine rings is 1. The van der Waals surface area contributed by atoms with Gasteiger partial charge in [-0.05, 0) is 36.6 Å². The topological polar surface area (TPSA) is 62.2 Å². The van der Waals surface area contributed by atoms with Gasteiger partial charge in [-0.15, -0.1) is 0 Å². The maximum Gasteiger partial charge on any atom is 0.125 e. The molecule has 2 aromatic rings. The first-order chi connectivity index (χ1) is 13.1. The van der Waals surface area contributed by atoms with Crippen molar-refractivity contribution in [3.05, 3.63) is 59.7 Å². The van der Waals surface area contributed by atoms with Gasteiger partial charge in [0.15, 0.2) is 0 Å². The first-order valence-corrected chi connectivity index (χ1v) is 9.59. The second-order valence-corrected chi connectivity index (χ2v) is 7.64. The van der Waals surface area contributed by atoms with Crippen molar-refractivity contribution in [3.63, 3.8) is 0 Å². The predicted octanol–water partition coefficient (Wildman–Crippen LogP) is 3.08. The van der Waals surface area contributed by atoms with Crippen LogP contribution in [0, 0.1) is 0 Å². The lowest BCUT2D eigenvalue weighted by atomic mass is 9.81. The molecule has 0 amide bonds. The van der Waals surface area contributed by atoms with Crippen molar-refractivity contribution < 1.29 is 19.7 Å². The van der Waals surface area contributed by atoms with Gasteiger partial charge in [0.2, 0.25) is 0 Å². The molecule has 0 aromatic heterocycles. The van der Waals surface area contributed by atoms with Crippen LogP contribution in [0.25, 0.3) is 0 Å². The van der Waals surface area contributed by atoms with E-state index in [1.54, 1.807) is 7.11 Å². The summed E-state index contributed by atoms with van der Waals surface area (Å²) in [5.41, 5.74) is 1.46. The number of β-amino-alcohol motifs (C(OH)–C–C–N with tert-alkyl or cyclic N) is 1. The maximum atomic E-state index is 10.6. The zero-order valence-corrected chi connectivity index (χ0v) is 15.7. The Hall–Kier alpha value is -2.08. The average molecular weight is 369 g/mol. The van der Waals surface area contributed by atoms with Crippen molar-refractivity contribution in [2.24, 2.45) is 0 Å². The van der Waals surface area contributed by atoms with Crippen LogP contribution < -0.4 is 9.47 Å². The quantitative estimate of drug-likeness (QED) is 0.867. The van der Waals surface area contributed by atoms with Crippen molar-refractivity contribution in [1.82, 2.24) is 4.90 Å². The zero-order chi connectivity index (χ0) is 18.9. The van der Waals surface area contributed by atoms with Gasteiger partial charge in [0.05, 0.1) is 19.3 Å². The highest BCUT2D eigenvalue weighted by atomic mass is 16.5. The number of hydrogen-bond donors (Lipinski definition) is 2. The summed E-state index contributed by atoms with van der Waals surface area (Å²) >= 11 is 0. The minimum absolute atomic E-state index is 0.300. The normalized spacial score (nSPS) is 22.7. The molecule has 1 spiro atoms. The molecule has 5 heteroatoms. The lowest BCUT2D eigenvalue weighted by Gasteiger charge is -2.46. The van der Waals surface area contributed by atoms with Crippen molar-refractivity contribution in [1.29, 1.82) is 0 Å². The highest BCUT2D eigenvalue weighted by Gasteiger charge is 2.42. The first kappa shape index (κ1) is 18.3. The summed E-state index contributed by atoms with van der Waals surface area (Å²) in [5, 5.41) is 21.1. The van der Waals surface area contributed by atoms with Gasteiger partial charge in [0.25, 0.3) is 0 Å². The molecule has 27 heavy (non-hydrogen) atoms. The number of methoxy groups -OCH3 is 1. The summed E-state index contributed by atoms with van der Waals surface area (Å²) in [5.74, 6) is 1.56. The number of nitrogens with zero attached hydrogens (tertiary/aromatic N) is 1. The number of ether oxygens (including phenoxy) is 2. The third-order valence-electron chi connectivity index (χ3n) is 5.85. The Morgan fingerprint density at radius 3 is 2.74 bits per heavy atom. The van der Waals surface area contributed by atoms with Gasteiger partial charge in [0, 0.05) is 31.6 Å². The molecule has 2 N–H and O–H groups in total. The van der Waals surface area contributed by atoms with E-state index in [0.29, 0.717) is 13.0 Å². The fourth-order valence-corrected chi connectivity index (χ4v) is 4.23. The third-order valence-corrected chi connectivity index (χ3v) is 5.85. The molecule has 0 bridgehead atoms. The average Bonchev–Trinajstić information content (AvgIpc) is 2.70. The molecule has 4 rings (SSSR count). The van der Waals surface area contributed by atoms with E-state index < -0.39 is 12.2 Å². The van der Waals surface area contributed by atoms with Gasteiger partial charge in [-0.2, -0.15) is 0 Å². The third kappa shape index (κ3) is 3.81. The van der Waals surface area contributed by atoms with Crippen LogP contribution in [0.3, 0.4) is 0 Å². The molecular weight excluding hydrogens is 342 g/mol. The van der Waals surface area contributed by atoms with Crippen LogP contribution in [0.5, 0.6) is 11.5 Å². The van der Waals surface area contributed by atoms with Gasteiger partial charge in [-0.1, -0.05) is 30.3 Å². The van der Waals surface area contributed by atoms with Crippen molar-refractivity contribution in [3.8, 4) is 11.5 Å². The zero-order valence-electron chi connectivity index (χ0n) is 15.7. The molecule has 0 saturated carbocycles. The first-order valence-electron chi connectivity index (χ1n) is 9.59. The molecule has 1 saturated heterocycles. The highest BCUT2D eigenvalue weighted by Crippen LogP contribution is 2.44. The summed E-state index contributed by atoms with van der Waals surface area (Å²) in [6.07, 6.45) is 1.32. The molecule has 2 heterocycles. The molecule has 2 atom stereocenters. The van der Waals surface area contributed by atoms with Gasteiger partial charge in [0.1, 0.15) is 17.1 Å². The predicted molar refractivity (Wildman–Crippen MR) is 103 cm³/mol. The number of benzene rings is 2. The highest BCUT2D eigenvalue weighted by molar-refractivity contribution is 5.38. The Morgan fingerprint density at radius 1 is 1.19 bits per heavy atom. The number of likely N-dealkylation sites (tertiary alicyclic amines) is 1. The molecule has 2 unspecified atom stereocenters. The number of aliphatic hydroxyl groups excluding tert-OH is 2. The van der Waals surface area contributed by atoms with Crippen molar-refractivity contribution in [2.45, 2.75) is 37.1 Å². The maximum absolute atomic E-state index is 10.6. The van der Waals surface area contributed by atoms with Crippen LogP contribution in [0.2, 0.25) is 0 Å². The Kier molecular flexibility index (Phi) is 5.08. The monoisotopic (exact) mass is 369 g/mol. The van der Waals surface area contributed by atoms with E-state index in [1.807, 2.05) is 48.5 Å². The summed E-state index contributed by atoms with van der Waals surface area (Å²) in [4.78, 5) is 2.27. The van der Waals surface area contributed by atoms with E-state index in [-0.39, 0.29) is 5.60 Å². The second-order valence-electron chi connectivity index (χ2n) is 7.64. The van der Waals surface area contributed by atoms with Crippen LogP contribution in [0.4, 0.5) is 0 Å². The number of para-hydroxylation sites is 1. The van der Waals surface area contributed by atoms with E-state index in [2.05, 4.69) is 4.90 Å².